The molecule has 0 bridgehead atoms. The summed E-state index contributed by atoms with van der Waals surface area (Å²) in [4.78, 5) is 4.18. The van der Waals surface area contributed by atoms with Crippen molar-refractivity contribution in [2.75, 3.05) is 0 Å². The first-order valence-corrected chi connectivity index (χ1v) is 4.37. The third-order valence-electron chi connectivity index (χ3n) is 2.05. The van der Waals surface area contributed by atoms with Gasteiger partial charge in [0, 0.05) is 23.3 Å². The predicted molar refractivity (Wildman–Crippen MR) is 56.5 cm³/mol. The molecule has 64 valence electrons. The van der Waals surface area contributed by atoms with Gasteiger partial charge in [-0.2, -0.15) is 0 Å². The lowest BCUT2D eigenvalue weighted by molar-refractivity contribution is 1.35. The molecule has 1 heterocycles. The second kappa shape index (κ2) is 3.40. The Bertz CT molecular complexity index is 438. The van der Waals surface area contributed by atoms with Gasteiger partial charge in [-0.25, -0.2) is 0 Å². The fourth-order valence-electron chi connectivity index (χ4n) is 1.45. The Kier molecular flexibility index (Phi) is 2.09. The molecule has 2 aromatic rings. The Labute approximate surface area is 77.7 Å². The molecule has 1 aromatic carbocycles. The first kappa shape index (κ1) is 7.99. The first-order chi connectivity index (χ1) is 6.42. The lowest BCUT2D eigenvalue weighted by atomic mass is 10.1. The van der Waals surface area contributed by atoms with Crippen molar-refractivity contribution < 1.29 is 0 Å². The second-order valence-corrected chi connectivity index (χ2v) is 2.95. The smallest absolute Gasteiger partial charge is 0.0346 e. The van der Waals surface area contributed by atoms with Crippen molar-refractivity contribution in [3.05, 3.63) is 48.3 Å². The molecule has 0 spiro atoms. The van der Waals surface area contributed by atoms with Gasteiger partial charge < -0.3 is 0 Å². The summed E-state index contributed by atoms with van der Waals surface area (Å²) in [7, 11) is 0. The third kappa shape index (κ3) is 1.45. The zero-order valence-electron chi connectivity index (χ0n) is 7.57. The standard InChI is InChI=1S/C12H11N/c1-2-5-10-8-13-9-11-6-3-4-7-12(10)11/h2-9H,1H3/b5-2+. The molecule has 0 atom stereocenters. The SMILES string of the molecule is C/C=C/c1cncc2ccccc12. The van der Waals surface area contributed by atoms with Gasteiger partial charge in [-0.3, -0.25) is 4.98 Å². The Morgan fingerprint density at radius 1 is 1.15 bits per heavy atom. The van der Waals surface area contributed by atoms with Gasteiger partial charge in [-0.1, -0.05) is 36.4 Å². The van der Waals surface area contributed by atoms with Gasteiger partial charge in [0.15, 0.2) is 0 Å². The number of fused-ring (bicyclic) bond motifs is 1. The van der Waals surface area contributed by atoms with E-state index in [1.54, 1.807) is 0 Å². The highest BCUT2D eigenvalue weighted by molar-refractivity contribution is 5.89. The van der Waals surface area contributed by atoms with Crippen LogP contribution in [0.3, 0.4) is 0 Å². The van der Waals surface area contributed by atoms with Gasteiger partial charge in [0.25, 0.3) is 0 Å². The third-order valence-corrected chi connectivity index (χ3v) is 2.05. The average Bonchev–Trinajstić information content (AvgIpc) is 2.19. The topological polar surface area (TPSA) is 12.9 Å². The van der Waals surface area contributed by atoms with Gasteiger partial charge in [0.2, 0.25) is 0 Å². The minimum Gasteiger partial charge on any atom is -0.263 e. The lowest BCUT2D eigenvalue weighted by Gasteiger charge is -1.99. The Hall–Kier alpha value is -1.63. The minimum atomic E-state index is 1.18. The van der Waals surface area contributed by atoms with Crippen LogP contribution in [0.15, 0.2) is 42.7 Å². The molecule has 2 rings (SSSR count). The highest BCUT2D eigenvalue weighted by Crippen LogP contribution is 2.17. The summed E-state index contributed by atoms with van der Waals surface area (Å²) in [6.07, 6.45) is 7.89. The molecule has 0 N–H and O–H groups in total. The van der Waals surface area contributed by atoms with Crippen LogP contribution in [0.25, 0.3) is 16.8 Å². The van der Waals surface area contributed by atoms with E-state index in [4.69, 9.17) is 0 Å². The van der Waals surface area contributed by atoms with Crippen molar-refractivity contribution in [1.29, 1.82) is 0 Å². The van der Waals surface area contributed by atoms with Gasteiger partial charge in [-0.05, 0) is 12.3 Å². The van der Waals surface area contributed by atoms with E-state index in [-0.39, 0.29) is 0 Å². The van der Waals surface area contributed by atoms with Crippen LogP contribution in [0.2, 0.25) is 0 Å². The van der Waals surface area contributed by atoms with Crippen LogP contribution in [0.5, 0.6) is 0 Å². The van der Waals surface area contributed by atoms with Crippen molar-refractivity contribution in [3.8, 4) is 0 Å². The summed E-state index contributed by atoms with van der Waals surface area (Å²) < 4.78 is 0. The van der Waals surface area contributed by atoms with Crippen LogP contribution in [0, 0.1) is 0 Å². The van der Waals surface area contributed by atoms with E-state index in [1.165, 1.54) is 16.3 Å². The van der Waals surface area contributed by atoms with E-state index in [0.29, 0.717) is 0 Å². The van der Waals surface area contributed by atoms with E-state index in [0.717, 1.165) is 0 Å². The molecule has 0 aliphatic heterocycles. The average molecular weight is 169 g/mol. The molecule has 1 heteroatoms. The van der Waals surface area contributed by atoms with Crippen LogP contribution >= 0.6 is 0 Å². The number of nitrogens with zero attached hydrogens (tertiary/aromatic N) is 1. The fourth-order valence-corrected chi connectivity index (χ4v) is 1.45. The zero-order chi connectivity index (χ0) is 9.10. The normalized spacial score (nSPS) is 11.2. The zero-order valence-corrected chi connectivity index (χ0v) is 7.57. The molecule has 0 radical (unpaired) electrons. The highest BCUT2D eigenvalue weighted by atomic mass is 14.6. The number of hydrogen-bond donors (Lipinski definition) is 0. The van der Waals surface area contributed by atoms with Crippen molar-refractivity contribution in [1.82, 2.24) is 4.98 Å². The van der Waals surface area contributed by atoms with Gasteiger partial charge in [-0.15, -0.1) is 0 Å². The molecule has 1 aromatic heterocycles. The second-order valence-electron chi connectivity index (χ2n) is 2.95. The fraction of sp³-hybridized carbons (Fsp3) is 0.0833. The Morgan fingerprint density at radius 3 is 2.85 bits per heavy atom. The van der Waals surface area contributed by atoms with E-state index in [2.05, 4.69) is 29.3 Å². The molecule has 13 heavy (non-hydrogen) atoms. The molecular weight excluding hydrogens is 158 g/mol. The summed E-state index contributed by atoms with van der Waals surface area (Å²) in [6.45, 7) is 2.02. The van der Waals surface area contributed by atoms with Crippen LogP contribution in [-0.4, -0.2) is 4.98 Å². The molecule has 0 saturated heterocycles. The summed E-state index contributed by atoms with van der Waals surface area (Å²) in [5, 5.41) is 2.45. The van der Waals surface area contributed by atoms with Crippen LogP contribution < -0.4 is 0 Å². The summed E-state index contributed by atoms with van der Waals surface area (Å²) in [5.74, 6) is 0. The predicted octanol–water partition coefficient (Wildman–Crippen LogP) is 3.27. The summed E-state index contributed by atoms with van der Waals surface area (Å²) in [6, 6.07) is 8.28. The highest BCUT2D eigenvalue weighted by Gasteiger charge is 1.95. The van der Waals surface area contributed by atoms with E-state index < -0.39 is 0 Å². The number of rotatable bonds is 1. The Balaban J connectivity index is 2.75. The van der Waals surface area contributed by atoms with Crippen LogP contribution in [0.1, 0.15) is 12.5 Å². The quantitative estimate of drug-likeness (QED) is 0.638. The van der Waals surface area contributed by atoms with Crippen LogP contribution in [-0.2, 0) is 0 Å². The molecule has 0 aliphatic carbocycles. The molecule has 0 aliphatic rings. The molecule has 0 fully saturated rings. The molecule has 0 unspecified atom stereocenters. The van der Waals surface area contributed by atoms with Crippen molar-refractivity contribution in [2.24, 2.45) is 0 Å². The maximum Gasteiger partial charge on any atom is 0.0346 e. The monoisotopic (exact) mass is 169 g/mol. The number of benzene rings is 1. The number of pyridine rings is 1. The number of allylic oxidation sites excluding steroid dienone is 1. The molecule has 0 saturated carbocycles. The van der Waals surface area contributed by atoms with Crippen LogP contribution in [0.4, 0.5) is 0 Å². The number of hydrogen-bond acceptors (Lipinski definition) is 1. The molecule has 1 nitrogen and oxygen atoms in total. The van der Waals surface area contributed by atoms with E-state index >= 15 is 0 Å². The van der Waals surface area contributed by atoms with Crippen molar-refractivity contribution in [2.45, 2.75) is 6.92 Å². The largest absolute Gasteiger partial charge is 0.263 e. The number of aromatic nitrogens is 1. The van der Waals surface area contributed by atoms with Crippen molar-refractivity contribution in [3.63, 3.8) is 0 Å². The first-order valence-electron chi connectivity index (χ1n) is 4.37. The minimum absolute atomic E-state index is 1.18. The van der Waals surface area contributed by atoms with Gasteiger partial charge in [0.05, 0.1) is 0 Å². The van der Waals surface area contributed by atoms with Gasteiger partial charge >= 0.3 is 0 Å². The lowest BCUT2D eigenvalue weighted by Crippen LogP contribution is -1.80. The summed E-state index contributed by atoms with van der Waals surface area (Å²) in [5.41, 5.74) is 1.18. The van der Waals surface area contributed by atoms with E-state index in [1.807, 2.05) is 31.5 Å². The van der Waals surface area contributed by atoms with Gasteiger partial charge in [0.1, 0.15) is 0 Å². The summed E-state index contributed by atoms with van der Waals surface area (Å²) >= 11 is 0. The molecule has 0 amide bonds. The maximum absolute atomic E-state index is 4.18. The molecular formula is C12H11N. The maximum atomic E-state index is 4.18. The van der Waals surface area contributed by atoms with E-state index in [9.17, 15) is 0 Å². The van der Waals surface area contributed by atoms with Crippen molar-refractivity contribution >= 4 is 16.8 Å². The Morgan fingerprint density at radius 2 is 2.00 bits per heavy atom.